The molecular weight excluding hydrogens is 244 g/mol. The van der Waals surface area contributed by atoms with Crippen LogP contribution in [-0.2, 0) is 0 Å². The van der Waals surface area contributed by atoms with Gasteiger partial charge in [0.15, 0.2) is 0 Å². The standard InChI is InChI=1S/C11H22N2.C7H14/c1-9-3-5-11(6-4-9)7-12-10(2)13-8-11;1-7-5-3-2-4-6-7/h9-10,12-13H,3-8H2,1-2H3;7H,2-6H2,1H3. The van der Waals surface area contributed by atoms with Crippen LogP contribution in [0.2, 0.25) is 0 Å². The Morgan fingerprint density at radius 3 is 1.65 bits per heavy atom. The number of rotatable bonds is 0. The van der Waals surface area contributed by atoms with E-state index in [1.54, 1.807) is 0 Å². The van der Waals surface area contributed by atoms with E-state index in [9.17, 15) is 0 Å². The third-order valence-electron chi connectivity index (χ3n) is 5.80. The SMILES string of the molecule is CC1CCC2(CC1)CNC(C)NC2.CC1CCCCC1. The van der Waals surface area contributed by atoms with Crippen molar-refractivity contribution in [3.8, 4) is 0 Å². The Bertz CT molecular complexity index is 231. The van der Waals surface area contributed by atoms with Crippen molar-refractivity contribution in [3.63, 3.8) is 0 Å². The van der Waals surface area contributed by atoms with E-state index in [-0.39, 0.29) is 0 Å². The van der Waals surface area contributed by atoms with E-state index in [4.69, 9.17) is 0 Å². The summed E-state index contributed by atoms with van der Waals surface area (Å²) in [7, 11) is 0. The molecule has 1 saturated heterocycles. The Hall–Kier alpha value is -0.0800. The fourth-order valence-electron chi connectivity index (χ4n) is 3.91. The maximum absolute atomic E-state index is 3.55. The smallest absolute Gasteiger partial charge is 0.0542 e. The molecule has 1 aliphatic heterocycles. The average Bonchev–Trinajstić information content (AvgIpc) is 2.47. The molecule has 0 aromatic carbocycles. The molecule has 0 amide bonds. The summed E-state index contributed by atoms with van der Waals surface area (Å²) in [6.45, 7) is 9.42. The summed E-state index contributed by atoms with van der Waals surface area (Å²) in [5.74, 6) is 2.00. The predicted octanol–water partition coefficient (Wildman–Crippen LogP) is 4.31. The molecule has 3 rings (SSSR count). The highest BCUT2D eigenvalue weighted by molar-refractivity contribution is 4.92. The molecule has 2 aliphatic carbocycles. The molecule has 118 valence electrons. The van der Waals surface area contributed by atoms with Crippen molar-refractivity contribution in [2.75, 3.05) is 13.1 Å². The van der Waals surface area contributed by atoms with Crippen LogP contribution in [0.5, 0.6) is 0 Å². The van der Waals surface area contributed by atoms with Gasteiger partial charge in [0.2, 0.25) is 0 Å². The number of nitrogens with one attached hydrogen (secondary N) is 2. The van der Waals surface area contributed by atoms with Gasteiger partial charge in [0.25, 0.3) is 0 Å². The Kier molecular flexibility index (Phi) is 6.35. The van der Waals surface area contributed by atoms with E-state index < -0.39 is 0 Å². The van der Waals surface area contributed by atoms with Gasteiger partial charge in [-0.25, -0.2) is 0 Å². The van der Waals surface area contributed by atoms with Crippen molar-refractivity contribution in [1.29, 1.82) is 0 Å². The minimum absolute atomic E-state index is 0.518. The van der Waals surface area contributed by atoms with Gasteiger partial charge < -0.3 is 10.6 Å². The molecule has 2 nitrogen and oxygen atoms in total. The molecule has 1 spiro atoms. The maximum Gasteiger partial charge on any atom is 0.0542 e. The van der Waals surface area contributed by atoms with Gasteiger partial charge in [-0.3, -0.25) is 0 Å². The lowest BCUT2D eigenvalue weighted by Gasteiger charge is -2.44. The van der Waals surface area contributed by atoms with Gasteiger partial charge in [-0.15, -0.1) is 0 Å². The molecule has 0 unspecified atom stereocenters. The molecule has 0 radical (unpaired) electrons. The largest absolute Gasteiger partial charge is 0.302 e. The van der Waals surface area contributed by atoms with Gasteiger partial charge in [0, 0.05) is 13.1 Å². The van der Waals surface area contributed by atoms with Crippen LogP contribution in [-0.4, -0.2) is 19.3 Å². The van der Waals surface area contributed by atoms with Gasteiger partial charge in [0.1, 0.15) is 0 Å². The van der Waals surface area contributed by atoms with Gasteiger partial charge in [0.05, 0.1) is 6.17 Å². The van der Waals surface area contributed by atoms with E-state index in [2.05, 4.69) is 31.4 Å². The van der Waals surface area contributed by atoms with E-state index in [0.29, 0.717) is 11.6 Å². The Labute approximate surface area is 126 Å². The molecular formula is C18H36N2. The molecule has 0 aromatic heterocycles. The van der Waals surface area contributed by atoms with E-state index in [1.165, 1.54) is 70.9 Å². The fourth-order valence-corrected chi connectivity index (χ4v) is 3.91. The van der Waals surface area contributed by atoms with Crippen LogP contribution < -0.4 is 10.6 Å². The quantitative estimate of drug-likeness (QED) is 0.691. The Morgan fingerprint density at radius 2 is 1.20 bits per heavy atom. The molecule has 2 saturated carbocycles. The number of hydrogen-bond acceptors (Lipinski definition) is 2. The molecule has 2 heteroatoms. The molecule has 0 bridgehead atoms. The van der Waals surface area contributed by atoms with Crippen molar-refractivity contribution >= 4 is 0 Å². The first kappa shape index (κ1) is 16.3. The zero-order valence-electron chi connectivity index (χ0n) is 14.0. The van der Waals surface area contributed by atoms with Crippen molar-refractivity contribution in [3.05, 3.63) is 0 Å². The third kappa shape index (κ3) is 5.04. The molecule has 0 aromatic rings. The Balaban J connectivity index is 0.000000178. The fraction of sp³-hybridized carbons (Fsp3) is 1.00. The molecule has 20 heavy (non-hydrogen) atoms. The maximum atomic E-state index is 3.55. The van der Waals surface area contributed by atoms with Crippen LogP contribution in [0.15, 0.2) is 0 Å². The van der Waals surface area contributed by atoms with Crippen LogP contribution in [0.4, 0.5) is 0 Å². The number of hydrogen-bond donors (Lipinski definition) is 2. The lowest BCUT2D eigenvalue weighted by Crippen LogP contribution is -2.57. The summed E-state index contributed by atoms with van der Waals surface area (Å²) >= 11 is 0. The summed E-state index contributed by atoms with van der Waals surface area (Å²) in [5.41, 5.74) is 0.596. The summed E-state index contributed by atoms with van der Waals surface area (Å²) < 4.78 is 0. The van der Waals surface area contributed by atoms with Crippen LogP contribution in [0, 0.1) is 17.3 Å². The van der Waals surface area contributed by atoms with Crippen molar-refractivity contribution < 1.29 is 0 Å². The third-order valence-corrected chi connectivity index (χ3v) is 5.80. The first-order valence-corrected chi connectivity index (χ1v) is 9.06. The topological polar surface area (TPSA) is 24.1 Å². The lowest BCUT2D eigenvalue weighted by molar-refractivity contribution is 0.107. The summed E-state index contributed by atoms with van der Waals surface area (Å²) in [4.78, 5) is 0. The highest BCUT2D eigenvalue weighted by Crippen LogP contribution is 2.38. The molecule has 3 fully saturated rings. The molecule has 1 heterocycles. The second-order valence-electron chi connectivity index (χ2n) is 7.91. The van der Waals surface area contributed by atoms with Gasteiger partial charge >= 0.3 is 0 Å². The van der Waals surface area contributed by atoms with Gasteiger partial charge in [-0.1, -0.05) is 58.8 Å². The molecule has 2 N–H and O–H groups in total. The van der Waals surface area contributed by atoms with Crippen LogP contribution in [0.25, 0.3) is 0 Å². The summed E-state index contributed by atoms with van der Waals surface area (Å²) in [6.07, 6.45) is 13.6. The van der Waals surface area contributed by atoms with Crippen molar-refractivity contribution in [2.24, 2.45) is 17.3 Å². The van der Waals surface area contributed by atoms with Crippen LogP contribution >= 0.6 is 0 Å². The highest BCUT2D eigenvalue weighted by Gasteiger charge is 2.36. The molecule has 0 atom stereocenters. The van der Waals surface area contributed by atoms with Gasteiger partial charge in [-0.05, 0) is 37.0 Å². The van der Waals surface area contributed by atoms with Crippen molar-refractivity contribution in [2.45, 2.75) is 84.7 Å². The monoisotopic (exact) mass is 280 g/mol. The first-order valence-electron chi connectivity index (χ1n) is 9.06. The zero-order valence-corrected chi connectivity index (χ0v) is 14.0. The Morgan fingerprint density at radius 1 is 0.700 bits per heavy atom. The normalized spacial score (nSPS) is 39.1. The highest BCUT2D eigenvalue weighted by atomic mass is 15.2. The van der Waals surface area contributed by atoms with Crippen molar-refractivity contribution in [1.82, 2.24) is 10.6 Å². The summed E-state index contributed by atoms with van der Waals surface area (Å²) in [6, 6.07) is 0. The predicted molar refractivity (Wildman–Crippen MR) is 87.8 cm³/mol. The van der Waals surface area contributed by atoms with E-state index in [0.717, 1.165) is 11.8 Å². The summed E-state index contributed by atoms with van der Waals surface area (Å²) in [5, 5.41) is 7.09. The molecule has 3 aliphatic rings. The first-order chi connectivity index (χ1) is 9.60. The average molecular weight is 281 g/mol. The zero-order chi connectivity index (χ0) is 14.4. The van der Waals surface area contributed by atoms with Crippen LogP contribution in [0.3, 0.4) is 0 Å². The second kappa shape index (κ2) is 7.79. The minimum Gasteiger partial charge on any atom is -0.302 e. The van der Waals surface area contributed by atoms with Crippen LogP contribution in [0.1, 0.15) is 78.6 Å². The minimum atomic E-state index is 0.518. The van der Waals surface area contributed by atoms with E-state index in [1.807, 2.05) is 0 Å². The van der Waals surface area contributed by atoms with Gasteiger partial charge in [-0.2, -0.15) is 0 Å². The van der Waals surface area contributed by atoms with E-state index >= 15 is 0 Å². The second-order valence-corrected chi connectivity index (χ2v) is 7.91. The lowest BCUT2D eigenvalue weighted by atomic mass is 9.70.